The van der Waals surface area contributed by atoms with Gasteiger partial charge in [-0.1, -0.05) is 24.3 Å². The van der Waals surface area contributed by atoms with Crippen LogP contribution in [0.3, 0.4) is 0 Å². The number of benzene rings is 2. The van der Waals surface area contributed by atoms with E-state index in [0.29, 0.717) is 22.7 Å². The van der Waals surface area contributed by atoms with Crippen molar-refractivity contribution in [1.29, 1.82) is 0 Å². The van der Waals surface area contributed by atoms with Gasteiger partial charge in [-0.25, -0.2) is 9.97 Å². The SMILES string of the molecule is Cl.NCCS(=O)(=O)Oc1ccccc1C(=O)Nc1ncc([N+](=O)[O-])s1.NCCS(=O)(=O)Oc1ccccc1C(=O)Nc1ncc([N+](=O)[O-])s1.[Na+].[OH-]. The van der Waals surface area contributed by atoms with Gasteiger partial charge in [-0.05, 0) is 46.9 Å². The third-order valence-corrected chi connectivity index (χ3v) is 9.29. The first kappa shape index (κ1) is 47.1. The first-order valence-electron chi connectivity index (χ1n) is 12.9. The van der Waals surface area contributed by atoms with Crippen LogP contribution in [-0.2, 0) is 20.2 Å². The first-order chi connectivity index (χ1) is 22.6. The number of nitro groups is 2. The molecular formula is C24H26ClN8NaO13S4. The van der Waals surface area contributed by atoms with E-state index in [9.17, 15) is 46.7 Å². The van der Waals surface area contributed by atoms with Crippen LogP contribution in [0.4, 0.5) is 20.3 Å². The molecule has 0 spiro atoms. The minimum Gasteiger partial charge on any atom is -0.870 e. The van der Waals surface area contributed by atoms with Crippen LogP contribution in [0.2, 0.25) is 0 Å². The number of nitrogens with zero attached hydrogens (tertiary/aromatic N) is 4. The molecule has 0 saturated carbocycles. The quantitative estimate of drug-likeness (QED) is 0.0523. The molecule has 0 fully saturated rings. The fraction of sp³-hybridized carbons (Fsp3) is 0.167. The topological polar surface area (TPSA) is 339 Å². The fourth-order valence-corrected chi connectivity index (χ4v) is 6.08. The van der Waals surface area contributed by atoms with Crippen molar-refractivity contribution in [1.82, 2.24) is 9.97 Å². The Bertz CT molecular complexity index is 1890. The van der Waals surface area contributed by atoms with E-state index in [4.69, 9.17) is 19.8 Å². The largest absolute Gasteiger partial charge is 1.00 e. The fourth-order valence-electron chi connectivity index (χ4n) is 3.24. The van der Waals surface area contributed by atoms with Crippen LogP contribution in [0.1, 0.15) is 20.7 Å². The minimum atomic E-state index is -3.93. The molecule has 272 valence electrons. The van der Waals surface area contributed by atoms with E-state index in [1.54, 1.807) is 0 Å². The van der Waals surface area contributed by atoms with E-state index in [1.165, 1.54) is 48.5 Å². The summed E-state index contributed by atoms with van der Waals surface area (Å²) in [5.74, 6) is -2.57. The second-order valence-electron chi connectivity index (χ2n) is 8.69. The van der Waals surface area contributed by atoms with Crippen molar-refractivity contribution < 1.29 is 79.7 Å². The normalized spacial score (nSPS) is 10.4. The number of nitrogens with one attached hydrogen (secondary N) is 2. The number of amides is 2. The Balaban J connectivity index is 0.000000926. The van der Waals surface area contributed by atoms with Crippen LogP contribution in [0.25, 0.3) is 0 Å². The third kappa shape index (κ3) is 14.7. The maximum atomic E-state index is 12.2. The van der Waals surface area contributed by atoms with Gasteiger partial charge in [-0.15, -0.1) is 12.4 Å². The van der Waals surface area contributed by atoms with E-state index >= 15 is 0 Å². The number of para-hydroxylation sites is 2. The van der Waals surface area contributed by atoms with Gasteiger partial charge in [0.2, 0.25) is 0 Å². The van der Waals surface area contributed by atoms with Crippen molar-refractivity contribution in [3.05, 3.63) is 92.3 Å². The zero-order valence-electron chi connectivity index (χ0n) is 25.9. The van der Waals surface area contributed by atoms with Crippen LogP contribution < -0.4 is 60.0 Å². The zero-order valence-corrected chi connectivity index (χ0v) is 32.0. The minimum absolute atomic E-state index is 0. The molecular weight excluding hydrogens is 795 g/mol. The summed E-state index contributed by atoms with van der Waals surface area (Å²) in [5.41, 5.74) is 10.3. The number of hydrogen-bond donors (Lipinski definition) is 4. The second kappa shape index (κ2) is 21.5. The molecule has 51 heavy (non-hydrogen) atoms. The zero-order chi connectivity index (χ0) is 35.5. The number of nitrogens with two attached hydrogens (primary N) is 2. The van der Waals surface area contributed by atoms with Crippen LogP contribution in [-0.4, -0.2) is 78.5 Å². The molecule has 2 aromatic heterocycles. The van der Waals surface area contributed by atoms with Gasteiger partial charge in [0.05, 0.1) is 32.5 Å². The second-order valence-corrected chi connectivity index (χ2v) is 14.1. The van der Waals surface area contributed by atoms with Crippen LogP contribution >= 0.6 is 35.1 Å². The Hall–Kier alpha value is -3.89. The number of hydrogen-bond acceptors (Lipinski definition) is 19. The molecule has 2 aromatic carbocycles. The number of carbonyl (C=O) groups excluding carboxylic acids is 2. The molecule has 4 rings (SSSR count). The average Bonchev–Trinajstić information content (AvgIpc) is 3.68. The Morgan fingerprint density at radius 1 is 0.725 bits per heavy atom. The molecule has 0 aliphatic carbocycles. The summed E-state index contributed by atoms with van der Waals surface area (Å²) in [7, 11) is -7.86. The van der Waals surface area contributed by atoms with Crippen molar-refractivity contribution in [3.8, 4) is 11.5 Å². The summed E-state index contributed by atoms with van der Waals surface area (Å²) in [6, 6.07) is 11.4. The summed E-state index contributed by atoms with van der Waals surface area (Å²) >= 11 is 1.35. The van der Waals surface area contributed by atoms with Gasteiger partial charge in [0.1, 0.15) is 12.4 Å². The summed E-state index contributed by atoms with van der Waals surface area (Å²) < 4.78 is 56.5. The molecule has 0 saturated heterocycles. The maximum absolute atomic E-state index is 12.2. The molecule has 2 heterocycles. The summed E-state index contributed by atoms with van der Waals surface area (Å²) in [6.07, 6.45) is 2.02. The van der Waals surface area contributed by atoms with Gasteiger partial charge in [-0.3, -0.25) is 40.5 Å². The van der Waals surface area contributed by atoms with Crippen LogP contribution in [0.5, 0.6) is 11.5 Å². The average molecular weight is 821 g/mol. The van der Waals surface area contributed by atoms with Crippen molar-refractivity contribution >= 4 is 87.4 Å². The molecule has 2 amide bonds. The van der Waals surface area contributed by atoms with Gasteiger partial charge in [0.25, 0.3) is 11.8 Å². The molecule has 0 radical (unpaired) electrons. The number of rotatable bonds is 14. The molecule has 0 atom stereocenters. The number of carbonyl (C=O) groups is 2. The molecule has 21 nitrogen and oxygen atoms in total. The third-order valence-electron chi connectivity index (χ3n) is 5.22. The van der Waals surface area contributed by atoms with Crippen molar-refractivity contribution in [2.45, 2.75) is 0 Å². The number of halogens is 1. The summed E-state index contributed by atoms with van der Waals surface area (Å²) in [4.78, 5) is 51.8. The van der Waals surface area contributed by atoms with E-state index < -0.39 is 53.4 Å². The van der Waals surface area contributed by atoms with Gasteiger partial charge in [-0.2, -0.15) is 16.8 Å². The standard InChI is InChI=1S/2C12H12N4O6S2.ClH.Na.H2O/c2*13-5-6-24(20,21)22-9-4-2-1-3-8(9)11(17)15-12-14-7-10(23-12)16(18)19;;;/h2*1-4,7H,5-6,13H2,(H,14,15,17);1H;;1H2/q;;;+1;/p-1. The first-order valence-corrected chi connectivity index (χ1v) is 17.7. The van der Waals surface area contributed by atoms with Crippen LogP contribution in [0.15, 0.2) is 60.9 Å². The van der Waals surface area contributed by atoms with E-state index in [0.717, 1.165) is 12.4 Å². The predicted octanol–water partition coefficient (Wildman–Crippen LogP) is -0.809. The molecule has 4 aromatic rings. The Morgan fingerprint density at radius 2 is 1.06 bits per heavy atom. The summed E-state index contributed by atoms with van der Waals surface area (Å²) in [6.45, 7) is -0.251. The van der Waals surface area contributed by atoms with Crippen molar-refractivity contribution in [2.75, 3.05) is 35.2 Å². The van der Waals surface area contributed by atoms with Crippen molar-refractivity contribution in [3.63, 3.8) is 0 Å². The van der Waals surface area contributed by atoms with E-state index in [-0.39, 0.29) is 103 Å². The maximum Gasteiger partial charge on any atom is 1.00 e. The summed E-state index contributed by atoms with van der Waals surface area (Å²) in [5, 5.41) is 25.5. The molecule has 0 unspecified atom stereocenters. The smallest absolute Gasteiger partial charge is 0.870 e. The Kier molecular flexibility index (Phi) is 19.8. The van der Waals surface area contributed by atoms with E-state index in [2.05, 4.69) is 20.6 Å². The number of anilines is 2. The molecule has 0 aliphatic heterocycles. The number of aromatic nitrogens is 2. The van der Waals surface area contributed by atoms with Crippen molar-refractivity contribution in [2.24, 2.45) is 11.5 Å². The Labute approximate surface area is 325 Å². The van der Waals surface area contributed by atoms with Gasteiger partial charge in [0.15, 0.2) is 21.8 Å². The monoisotopic (exact) mass is 820 g/mol. The molecule has 7 N–H and O–H groups in total. The molecule has 0 bridgehead atoms. The van der Waals surface area contributed by atoms with Gasteiger partial charge < -0.3 is 25.3 Å². The van der Waals surface area contributed by atoms with Crippen LogP contribution in [0, 0.1) is 20.2 Å². The van der Waals surface area contributed by atoms with Gasteiger partial charge >= 0.3 is 59.8 Å². The Morgan fingerprint density at radius 3 is 1.35 bits per heavy atom. The molecule has 27 heteroatoms. The number of thiazole rings is 2. The predicted molar refractivity (Wildman–Crippen MR) is 182 cm³/mol. The van der Waals surface area contributed by atoms with Gasteiger partial charge in [0, 0.05) is 13.1 Å². The molecule has 0 aliphatic rings. The van der Waals surface area contributed by atoms with E-state index in [1.807, 2.05) is 0 Å².